The summed E-state index contributed by atoms with van der Waals surface area (Å²) in [6.07, 6.45) is 0.353. The van der Waals surface area contributed by atoms with Gasteiger partial charge in [-0.2, -0.15) is 0 Å². The zero-order valence-electron chi connectivity index (χ0n) is 16.1. The number of carbonyl (C=O) groups excluding carboxylic acids is 1. The van der Waals surface area contributed by atoms with E-state index in [2.05, 4.69) is 18.7 Å². The van der Waals surface area contributed by atoms with Gasteiger partial charge in [0.1, 0.15) is 0 Å². The summed E-state index contributed by atoms with van der Waals surface area (Å²) in [5.41, 5.74) is 2.29. The van der Waals surface area contributed by atoms with Crippen LogP contribution in [0.5, 0.6) is 0 Å². The zero-order valence-corrected chi connectivity index (χ0v) is 16.9. The minimum absolute atomic E-state index is 0.105. The van der Waals surface area contributed by atoms with Crippen LogP contribution < -0.4 is 0 Å². The first-order valence-corrected chi connectivity index (χ1v) is 9.81. The summed E-state index contributed by atoms with van der Waals surface area (Å²) in [6, 6.07) is 14.6. The van der Waals surface area contributed by atoms with E-state index in [0.717, 1.165) is 30.8 Å². The first-order chi connectivity index (χ1) is 13.3. The molecule has 1 saturated heterocycles. The highest BCUT2D eigenvalue weighted by atomic mass is 35.5. The van der Waals surface area contributed by atoms with E-state index in [-0.39, 0.29) is 18.0 Å². The minimum Gasteiger partial charge on any atom is -0.478 e. The Balaban J connectivity index is 1.61. The Hall–Kier alpha value is -2.37. The van der Waals surface area contributed by atoms with Crippen LogP contribution in [0.2, 0.25) is 5.02 Å². The van der Waals surface area contributed by atoms with Gasteiger partial charge < -0.3 is 10.0 Å². The zero-order chi connectivity index (χ0) is 20.3. The van der Waals surface area contributed by atoms with Crippen LogP contribution in [0, 0.1) is 0 Å². The molecule has 2 atom stereocenters. The number of piperazine rings is 1. The van der Waals surface area contributed by atoms with Crippen molar-refractivity contribution in [2.45, 2.75) is 38.9 Å². The van der Waals surface area contributed by atoms with Crippen LogP contribution in [0.25, 0.3) is 0 Å². The van der Waals surface area contributed by atoms with Crippen LogP contribution in [0.4, 0.5) is 0 Å². The van der Waals surface area contributed by atoms with Gasteiger partial charge in [-0.1, -0.05) is 35.9 Å². The van der Waals surface area contributed by atoms with Gasteiger partial charge in [0.2, 0.25) is 5.91 Å². The molecule has 1 N–H and O–H groups in total. The fourth-order valence-electron chi connectivity index (χ4n) is 3.98. The molecular weight excluding hydrogens is 376 g/mol. The minimum atomic E-state index is -0.916. The summed E-state index contributed by atoms with van der Waals surface area (Å²) in [5.74, 6) is -0.798. The highest BCUT2D eigenvalue weighted by molar-refractivity contribution is 6.30. The predicted molar refractivity (Wildman–Crippen MR) is 110 cm³/mol. The Morgan fingerprint density at radius 1 is 1.04 bits per heavy atom. The van der Waals surface area contributed by atoms with Crippen molar-refractivity contribution in [3.05, 3.63) is 70.2 Å². The molecule has 0 bridgehead atoms. The molecule has 1 heterocycles. The van der Waals surface area contributed by atoms with E-state index >= 15 is 0 Å². The highest BCUT2D eigenvalue weighted by Crippen LogP contribution is 2.20. The molecule has 28 heavy (non-hydrogen) atoms. The normalized spacial score (nSPS) is 20.2. The third-order valence-corrected chi connectivity index (χ3v) is 5.37. The number of amides is 1. The third-order valence-electron chi connectivity index (χ3n) is 5.13. The average molecular weight is 401 g/mol. The van der Waals surface area contributed by atoms with Crippen molar-refractivity contribution >= 4 is 23.5 Å². The van der Waals surface area contributed by atoms with Gasteiger partial charge in [0.15, 0.2) is 0 Å². The maximum absolute atomic E-state index is 12.9. The van der Waals surface area contributed by atoms with Crippen molar-refractivity contribution in [2.75, 3.05) is 13.1 Å². The number of rotatable bonds is 5. The molecule has 0 aromatic heterocycles. The van der Waals surface area contributed by atoms with Gasteiger partial charge in [-0.3, -0.25) is 9.69 Å². The van der Waals surface area contributed by atoms with Gasteiger partial charge in [0, 0.05) is 36.7 Å². The molecule has 148 valence electrons. The maximum atomic E-state index is 12.9. The van der Waals surface area contributed by atoms with Gasteiger partial charge in [0.05, 0.1) is 12.0 Å². The fraction of sp³-hybridized carbons (Fsp3) is 0.364. The second-order valence-corrected chi connectivity index (χ2v) is 7.94. The smallest absolute Gasteiger partial charge is 0.335 e. The van der Waals surface area contributed by atoms with Crippen molar-refractivity contribution < 1.29 is 14.7 Å². The largest absolute Gasteiger partial charge is 0.478 e. The maximum Gasteiger partial charge on any atom is 0.335 e. The second kappa shape index (κ2) is 8.76. The van der Waals surface area contributed by atoms with Gasteiger partial charge in [0.25, 0.3) is 0 Å². The Morgan fingerprint density at radius 2 is 1.68 bits per heavy atom. The van der Waals surface area contributed by atoms with Crippen molar-refractivity contribution in [3.63, 3.8) is 0 Å². The topological polar surface area (TPSA) is 60.9 Å². The SMILES string of the molecule is C[C@@H]1CN(Cc2ccc(C(=O)O)cc2)C[C@H](C)N1C(=O)Cc1cccc(Cl)c1. The highest BCUT2D eigenvalue weighted by Gasteiger charge is 2.32. The first kappa shape index (κ1) is 20.4. The summed E-state index contributed by atoms with van der Waals surface area (Å²) in [6.45, 7) is 6.46. The molecule has 1 amide bonds. The lowest BCUT2D eigenvalue weighted by Crippen LogP contribution is -2.58. The number of carboxylic acids is 1. The number of hydrogen-bond acceptors (Lipinski definition) is 3. The Bertz CT molecular complexity index is 841. The number of carboxylic acid groups (broad SMARTS) is 1. The molecule has 0 saturated carbocycles. The van der Waals surface area contributed by atoms with E-state index in [9.17, 15) is 9.59 Å². The van der Waals surface area contributed by atoms with Crippen LogP contribution in [0.1, 0.15) is 35.3 Å². The predicted octanol–water partition coefficient (Wildman–Crippen LogP) is 3.70. The third kappa shape index (κ3) is 4.91. The van der Waals surface area contributed by atoms with Gasteiger partial charge >= 0.3 is 5.97 Å². The van der Waals surface area contributed by atoms with Crippen LogP contribution in [0.3, 0.4) is 0 Å². The Morgan fingerprint density at radius 3 is 2.25 bits per heavy atom. The van der Waals surface area contributed by atoms with Crippen molar-refractivity contribution in [1.82, 2.24) is 9.80 Å². The lowest BCUT2D eigenvalue weighted by atomic mass is 10.0. The molecule has 6 heteroatoms. The molecular formula is C22H25ClN2O3. The van der Waals surface area contributed by atoms with Crippen LogP contribution in [0.15, 0.2) is 48.5 Å². The van der Waals surface area contributed by atoms with Gasteiger partial charge in [-0.15, -0.1) is 0 Å². The summed E-state index contributed by atoms with van der Waals surface area (Å²) in [5, 5.41) is 9.66. The lowest BCUT2D eigenvalue weighted by Gasteiger charge is -2.44. The molecule has 0 spiro atoms. The number of benzene rings is 2. The monoisotopic (exact) mass is 400 g/mol. The first-order valence-electron chi connectivity index (χ1n) is 9.43. The molecule has 3 rings (SSSR count). The van der Waals surface area contributed by atoms with Gasteiger partial charge in [-0.25, -0.2) is 4.79 Å². The Labute approximate surface area is 170 Å². The number of carbonyl (C=O) groups is 2. The van der Waals surface area contributed by atoms with E-state index in [1.165, 1.54) is 0 Å². The molecule has 1 aliphatic heterocycles. The van der Waals surface area contributed by atoms with Crippen LogP contribution in [-0.4, -0.2) is 52.0 Å². The number of aromatic carboxylic acids is 1. The number of halogens is 1. The van der Waals surface area contributed by atoms with E-state index in [0.29, 0.717) is 17.0 Å². The van der Waals surface area contributed by atoms with Crippen LogP contribution in [-0.2, 0) is 17.8 Å². The van der Waals surface area contributed by atoms with Crippen molar-refractivity contribution in [3.8, 4) is 0 Å². The quantitative estimate of drug-likeness (QED) is 0.831. The Kier molecular flexibility index (Phi) is 6.37. The number of nitrogens with zero attached hydrogens (tertiary/aromatic N) is 2. The molecule has 1 aliphatic rings. The van der Waals surface area contributed by atoms with Crippen molar-refractivity contribution in [1.29, 1.82) is 0 Å². The van der Waals surface area contributed by atoms with Gasteiger partial charge in [-0.05, 0) is 49.2 Å². The molecule has 0 aliphatic carbocycles. The van der Waals surface area contributed by atoms with E-state index in [1.807, 2.05) is 41.3 Å². The molecule has 1 fully saturated rings. The average Bonchev–Trinajstić information content (AvgIpc) is 2.61. The standard InChI is InChI=1S/C22H25ClN2O3/c1-15-12-24(14-17-6-8-19(9-7-17)22(27)28)13-16(2)25(15)21(26)11-18-4-3-5-20(23)10-18/h3-10,15-16H,11-14H2,1-2H3,(H,27,28)/t15-,16+. The van der Waals surface area contributed by atoms with Crippen LogP contribution >= 0.6 is 11.6 Å². The molecule has 2 aromatic rings. The second-order valence-electron chi connectivity index (χ2n) is 7.50. The fourth-order valence-corrected chi connectivity index (χ4v) is 4.19. The molecule has 2 aromatic carbocycles. The molecule has 0 unspecified atom stereocenters. The summed E-state index contributed by atoms with van der Waals surface area (Å²) in [7, 11) is 0. The van der Waals surface area contributed by atoms with E-state index in [1.54, 1.807) is 12.1 Å². The summed E-state index contributed by atoms with van der Waals surface area (Å²) < 4.78 is 0. The lowest BCUT2D eigenvalue weighted by molar-refractivity contribution is -0.138. The summed E-state index contributed by atoms with van der Waals surface area (Å²) in [4.78, 5) is 28.1. The van der Waals surface area contributed by atoms with E-state index < -0.39 is 5.97 Å². The number of hydrogen-bond donors (Lipinski definition) is 1. The molecule has 5 nitrogen and oxygen atoms in total. The van der Waals surface area contributed by atoms with Crippen molar-refractivity contribution in [2.24, 2.45) is 0 Å². The van der Waals surface area contributed by atoms with E-state index in [4.69, 9.17) is 16.7 Å². The summed E-state index contributed by atoms with van der Waals surface area (Å²) >= 11 is 6.03. The molecule has 0 radical (unpaired) electrons.